The molecule has 16 heavy (non-hydrogen) atoms. The number of thiophene rings is 1. The van der Waals surface area contributed by atoms with E-state index in [9.17, 15) is 4.79 Å². The zero-order valence-electron chi connectivity index (χ0n) is 9.58. The Morgan fingerprint density at radius 1 is 1.56 bits per heavy atom. The summed E-state index contributed by atoms with van der Waals surface area (Å²) >= 11 is 1.58. The van der Waals surface area contributed by atoms with Crippen molar-refractivity contribution in [1.82, 2.24) is 10.6 Å². The number of nitrogens with one attached hydrogen (secondary N) is 2. The van der Waals surface area contributed by atoms with Gasteiger partial charge in [-0.2, -0.15) is 11.3 Å². The summed E-state index contributed by atoms with van der Waals surface area (Å²) < 4.78 is 0. The lowest BCUT2D eigenvalue weighted by atomic mass is 10.1. The predicted octanol–water partition coefficient (Wildman–Crippen LogP) is 1.93. The maximum absolute atomic E-state index is 11.8. The number of hydrogen-bond donors (Lipinski definition) is 2. The Morgan fingerprint density at radius 3 is 3.06 bits per heavy atom. The molecule has 1 aliphatic rings. The maximum atomic E-state index is 11.8. The molecule has 1 aromatic heterocycles. The van der Waals surface area contributed by atoms with Crippen LogP contribution in [-0.4, -0.2) is 25.0 Å². The number of carbonyl (C=O) groups is 1. The Kier molecular flexibility index (Phi) is 3.96. The van der Waals surface area contributed by atoms with Crippen LogP contribution in [0, 0.1) is 6.92 Å². The van der Waals surface area contributed by atoms with Crippen LogP contribution in [-0.2, 0) is 0 Å². The van der Waals surface area contributed by atoms with Crippen LogP contribution in [0.3, 0.4) is 0 Å². The van der Waals surface area contributed by atoms with Gasteiger partial charge >= 0.3 is 0 Å². The van der Waals surface area contributed by atoms with Crippen LogP contribution < -0.4 is 10.6 Å². The molecule has 1 saturated heterocycles. The number of amides is 1. The number of hydrogen-bond acceptors (Lipinski definition) is 3. The largest absolute Gasteiger partial charge is 0.350 e. The lowest BCUT2D eigenvalue weighted by Gasteiger charge is -2.23. The van der Waals surface area contributed by atoms with E-state index >= 15 is 0 Å². The molecule has 88 valence electrons. The average molecular weight is 238 g/mol. The van der Waals surface area contributed by atoms with E-state index in [1.807, 2.05) is 17.7 Å². The summed E-state index contributed by atoms with van der Waals surface area (Å²) in [6, 6.07) is 0.455. The molecule has 0 radical (unpaired) electrons. The fraction of sp³-hybridized carbons (Fsp3) is 0.583. The molecule has 1 atom stereocenters. The van der Waals surface area contributed by atoms with Gasteiger partial charge in [-0.1, -0.05) is 6.42 Å². The fourth-order valence-corrected chi connectivity index (χ4v) is 2.83. The van der Waals surface area contributed by atoms with Gasteiger partial charge in [-0.3, -0.25) is 4.79 Å². The quantitative estimate of drug-likeness (QED) is 0.845. The third-order valence-electron chi connectivity index (χ3n) is 3.02. The SMILES string of the molecule is Cc1cscc1C(=O)NCC1CCCCN1. The minimum absolute atomic E-state index is 0.0612. The van der Waals surface area contributed by atoms with Crippen LogP contribution >= 0.6 is 11.3 Å². The van der Waals surface area contributed by atoms with Gasteiger partial charge in [0.05, 0.1) is 5.56 Å². The van der Waals surface area contributed by atoms with Gasteiger partial charge < -0.3 is 10.6 Å². The molecular formula is C12H18N2OS. The van der Waals surface area contributed by atoms with Gasteiger partial charge in [0, 0.05) is 18.0 Å². The summed E-state index contributed by atoms with van der Waals surface area (Å²) in [5.41, 5.74) is 1.89. The maximum Gasteiger partial charge on any atom is 0.252 e. The summed E-state index contributed by atoms with van der Waals surface area (Å²) in [5, 5.41) is 10.3. The molecule has 2 rings (SSSR count). The van der Waals surface area contributed by atoms with Crippen molar-refractivity contribution in [2.24, 2.45) is 0 Å². The summed E-state index contributed by atoms with van der Waals surface area (Å²) in [6.07, 6.45) is 3.70. The van der Waals surface area contributed by atoms with Gasteiger partial charge in [0.25, 0.3) is 5.91 Å². The summed E-state index contributed by atoms with van der Waals surface area (Å²) in [6.45, 7) is 3.80. The van der Waals surface area contributed by atoms with Gasteiger partial charge in [-0.25, -0.2) is 0 Å². The van der Waals surface area contributed by atoms with Crippen molar-refractivity contribution < 1.29 is 4.79 Å². The minimum atomic E-state index is 0.0612. The molecule has 0 aromatic carbocycles. The molecule has 2 heterocycles. The zero-order valence-corrected chi connectivity index (χ0v) is 10.4. The molecule has 0 spiro atoms. The van der Waals surface area contributed by atoms with Crippen molar-refractivity contribution in [3.05, 3.63) is 21.9 Å². The first-order valence-electron chi connectivity index (χ1n) is 5.82. The lowest BCUT2D eigenvalue weighted by molar-refractivity contribution is 0.0947. The van der Waals surface area contributed by atoms with Crippen LogP contribution in [0.15, 0.2) is 10.8 Å². The molecule has 0 aliphatic carbocycles. The average Bonchev–Trinajstić information content (AvgIpc) is 2.74. The highest BCUT2D eigenvalue weighted by atomic mass is 32.1. The molecule has 1 unspecified atom stereocenters. The first-order chi connectivity index (χ1) is 7.77. The predicted molar refractivity (Wildman–Crippen MR) is 67.0 cm³/mol. The Labute approximate surface area is 100 Å². The highest BCUT2D eigenvalue weighted by molar-refractivity contribution is 7.08. The van der Waals surface area contributed by atoms with Crippen LogP contribution in [0.1, 0.15) is 35.2 Å². The normalized spacial score (nSPS) is 20.7. The van der Waals surface area contributed by atoms with Crippen LogP contribution in [0.25, 0.3) is 0 Å². The zero-order chi connectivity index (χ0) is 11.4. The Morgan fingerprint density at radius 2 is 2.44 bits per heavy atom. The lowest BCUT2D eigenvalue weighted by Crippen LogP contribution is -2.43. The summed E-state index contributed by atoms with van der Waals surface area (Å²) in [7, 11) is 0. The molecule has 1 fully saturated rings. The number of aryl methyl sites for hydroxylation is 1. The molecule has 4 heteroatoms. The van der Waals surface area contributed by atoms with E-state index in [-0.39, 0.29) is 5.91 Å². The van der Waals surface area contributed by atoms with E-state index in [1.165, 1.54) is 19.3 Å². The monoisotopic (exact) mass is 238 g/mol. The van der Waals surface area contributed by atoms with Crippen molar-refractivity contribution in [1.29, 1.82) is 0 Å². The Hall–Kier alpha value is -0.870. The highest BCUT2D eigenvalue weighted by Gasteiger charge is 2.15. The van der Waals surface area contributed by atoms with E-state index < -0.39 is 0 Å². The molecule has 1 aromatic rings. The molecule has 0 saturated carbocycles. The number of rotatable bonds is 3. The van der Waals surface area contributed by atoms with Gasteiger partial charge in [-0.05, 0) is 37.3 Å². The van der Waals surface area contributed by atoms with Crippen LogP contribution in [0.4, 0.5) is 0 Å². The third kappa shape index (κ3) is 2.83. The van der Waals surface area contributed by atoms with Crippen molar-refractivity contribution >= 4 is 17.2 Å². The first kappa shape index (κ1) is 11.6. The van der Waals surface area contributed by atoms with Gasteiger partial charge in [-0.15, -0.1) is 0 Å². The van der Waals surface area contributed by atoms with Crippen molar-refractivity contribution in [2.75, 3.05) is 13.1 Å². The van der Waals surface area contributed by atoms with Gasteiger partial charge in [0.1, 0.15) is 0 Å². The third-order valence-corrected chi connectivity index (χ3v) is 3.88. The smallest absolute Gasteiger partial charge is 0.252 e. The first-order valence-corrected chi connectivity index (χ1v) is 6.76. The fourth-order valence-electron chi connectivity index (χ4n) is 2.00. The topological polar surface area (TPSA) is 41.1 Å². The van der Waals surface area contributed by atoms with Gasteiger partial charge in [0.2, 0.25) is 0 Å². The van der Waals surface area contributed by atoms with E-state index in [1.54, 1.807) is 11.3 Å². The summed E-state index contributed by atoms with van der Waals surface area (Å²) in [4.78, 5) is 11.8. The van der Waals surface area contributed by atoms with Crippen molar-refractivity contribution in [2.45, 2.75) is 32.2 Å². The second-order valence-electron chi connectivity index (χ2n) is 4.33. The van der Waals surface area contributed by atoms with E-state index in [4.69, 9.17) is 0 Å². The van der Waals surface area contributed by atoms with E-state index in [0.717, 1.165) is 24.2 Å². The van der Waals surface area contributed by atoms with E-state index in [2.05, 4.69) is 10.6 Å². The molecule has 1 aliphatic heterocycles. The van der Waals surface area contributed by atoms with Crippen molar-refractivity contribution in [3.8, 4) is 0 Å². The second kappa shape index (κ2) is 5.46. The molecule has 3 nitrogen and oxygen atoms in total. The standard InChI is InChI=1S/C12H18N2OS/c1-9-7-16-8-11(9)12(15)14-6-10-4-2-3-5-13-10/h7-8,10,13H,2-6H2,1H3,(H,14,15). The molecule has 2 N–H and O–H groups in total. The van der Waals surface area contributed by atoms with E-state index in [0.29, 0.717) is 6.04 Å². The van der Waals surface area contributed by atoms with Crippen LogP contribution in [0.2, 0.25) is 0 Å². The summed E-state index contributed by atoms with van der Waals surface area (Å²) in [5.74, 6) is 0.0612. The Bertz CT molecular complexity index is 356. The van der Waals surface area contributed by atoms with Crippen molar-refractivity contribution in [3.63, 3.8) is 0 Å². The molecule has 0 bridgehead atoms. The Balaban J connectivity index is 1.81. The molecule has 1 amide bonds. The highest BCUT2D eigenvalue weighted by Crippen LogP contribution is 2.13. The minimum Gasteiger partial charge on any atom is -0.350 e. The second-order valence-corrected chi connectivity index (χ2v) is 5.07. The van der Waals surface area contributed by atoms with Gasteiger partial charge in [0.15, 0.2) is 0 Å². The molecular weight excluding hydrogens is 220 g/mol. The number of piperidine rings is 1. The van der Waals surface area contributed by atoms with Crippen LogP contribution in [0.5, 0.6) is 0 Å². The number of carbonyl (C=O) groups excluding carboxylic acids is 1.